The fourth-order valence-electron chi connectivity index (χ4n) is 2.67. The topological polar surface area (TPSA) is 50.4 Å². The Hall–Kier alpha value is -2.70. The van der Waals surface area contributed by atoms with Crippen LogP contribution in [0.15, 0.2) is 42.5 Å². The van der Waals surface area contributed by atoms with E-state index in [1.807, 2.05) is 12.1 Å². The number of rotatable bonds is 4. The Labute approximate surface area is 143 Å². The van der Waals surface area contributed by atoms with Gasteiger partial charge < -0.3 is 15.4 Å². The number of anilines is 2. The second kappa shape index (κ2) is 6.66. The minimum absolute atomic E-state index is 0.254. The number of ether oxygens (including phenoxy) is 1. The minimum Gasteiger partial charge on any atom is -0.493 e. The third-order valence-electron chi connectivity index (χ3n) is 3.96. The summed E-state index contributed by atoms with van der Waals surface area (Å²) in [7, 11) is 0. The molecule has 1 atom stereocenters. The molecule has 2 N–H and O–H groups in total. The molecule has 2 aromatic rings. The fraction of sp³-hybridized carbons (Fsp3) is 0.278. The van der Waals surface area contributed by atoms with E-state index in [1.54, 1.807) is 13.0 Å². The van der Waals surface area contributed by atoms with E-state index in [4.69, 9.17) is 4.74 Å². The van der Waals surface area contributed by atoms with E-state index in [0.717, 1.165) is 29.5 Å². The molecule has 0 aliphatic carbocycles. The summed E-state index contributed by atoms with van der Waals surface area (Å²) in [6.07, 6.45) is -3.73. The molecule has 1 unspecified atom stereocenters. The van der Waals surface area contributed by atoms with Gasteiger partial charge in [-0.2, -0.15) is 13.2 Å². The maximum Gasteiger partial charge on any atom is 0.418 e. The fourth-order valence-corrected chi connectivity index (χ4v) is 2.67. The highest BCUT2D eigenvalue weighted by atomic mass is 19.4. The van der Waals surface area contributed by atoms with Crippen LogP contribution in [0.2, 0.25) is 0 Å². The molecule has 0 saturated carbocycles. The lowest BCUT2D eigenvalue weighted by atomic mass is 10.1. The van der Waals surface area contributed by atoms with Crippen molar-refractivity contribution in [3.8, 4) is 5.75 Å². The molecule has 25 heavy (non-hydrogen) atoms. The van der Waals surface area contributed by atoms with Gasteiger partial charge in [-0.15, -0.1) is 0 Å². The molecule has 1 aliphatic rings. The molecule has 3 rings (SSSR count). The third kappa shape index (κ3) is 3.87. The molecule has 1 heterocycles. The Balaban J connectivity index is 1.69. The molecule has 4 nitrogen and oxygen atoms in total. The molecule has 0 aromatic heterocycles. The Morgan fingerprint density at radius 3 is 2.72 bits per heavy atom. The van der Waals surface area contributed by atoms with Crippen LogP contribution >= 0.6 is 0 Å². The highest BCUT2D eigenvalue weighted by molar-refractivity contribution is 5.97. The average molecular weight is 350 g/mol. The van der Waals surface area contributed by atoms with Gasteiger partial charge >= 0.3 is 6.18 Å². The van der Waals surface area contributed by atoms with E-state index in [2.05, 4.69) is 10.6 Å². The molecule has 0 spiro atoms. The number of hydrogen-bond acceptors (Lipinski definition) is 3. The van der Waals surface area contributed by atoms with Gasteiger partial charge in [0, 0.05) is 12.1 Å². The van der Waals surface area contributed by atoms with Crippen molar-refractivity contribution in [2.75, 3.05) is 17.2 Å². The summed E-state index contributed by atoms with van der Waals surface area (Å²) in [6.45, 7) is 2.22. The first kappa shape index (κ1) is 17.1. The Kier molecular flexibility index (Phi) is 4.57. The van der Waals surface area contributed by atoms with Gasteiger partial charge in [0.1, 0.15) is 11.8 Å². The van der Waals surface area contributed by atoms with Crippen LogP contribution in [-0.2, 0) is 17.4 Å². The summed E-state index contributed by atoms with van der Waals surface area (Å²) < 4.78 is 44.4. The number of alkyl halides is 3. The summed E-state index contributed by atoms with van der Waals surface area (Å²) in [4.78, 5) is 12.3. The van der Waals surface area contributed by atoms with Gasteiger partial charge in [-0.25, -0.2) is 0 Å². The van der Waals surface area contributed by atoms with Gasteiger partial charge in [-0.3, -0.25) is 4.79 Å². The Morgan fingerprint density at radius 2 is 1.96 bits per heavy atom. The number of fused-ring (bicyclic) bond motifs is 1. The summed E-state index contributed by atoms with van der Waals surface area (Å²) in [5.74, 6) is 0.273. The summed E-state index contributed by atoms with van der Waals surface area (Å²) in [6, 6.07) is 9.67. The summed E-state index contributed by atoms with van der Waals surface area (Å²) >= 11 is 0. The molecule has 132 valence electrons. The van der Waals surface area contributed by atoms with Crippen LogP contribution in [0.4, 0.5) is 24.5 Å². The van der Waals surface area contributed by atoms with Gasteiger partial charge in [0.05, 0.1) is 17.9 Å². The Bertz CT molecular complexity index is 790. The average Bonchev–Trinajstić information content (AvgIpc) is 3.02. The van der Waals surface area contributed by atoms with E-state index in [9.17, 15) is 18.0 Å². The van der Waals surface area contributed by atoms with Gasteiger partial charge in [-0.05, 0) is 42.8 Å². The quantitative estimate of drug-likeness (QED) is 0.874. The van der Waals surface area contributed by atoms with Crippen molar-refractivity contribution in [1.82, 2.24) is 0 Å². The van der Waals surface area contributed by atoms with Gasteiger partial charge in [-0.1, -0.05) is 12.1 Å². The first-order chi connectivity index (χ1) is 11.8. The maximum atomic E-state index is 13.0. The maximum absolute atomic E-state index is 13.0. The molecule has 1 amide bonds. The smallest absolute Gasteiger partial charge is 0.418 e. The SMILES string of the molecule is CC(Nc1ccc2c(c1)CCO2)C(=O)Nc1ccccc1C(F)(F)F. The van der Waals surface area contributed by atoms with Crippen molar-refractivity contribution in [3.05, 3.63) is 53.6 Å². The van der Waals surface area contributed by atoms with Crippen molar-refractivity contribution >= 4 is 17.3 Å². The predicted octanol–water partition coefficient (Wildman–Crippen LogP) is 4.08. The number of nitrogens with one attached hydrogen (secondary N) is 2. The van der Waals surface area contributed by atoms with Crippen LogP contribution in [0, 0.1) is 0 Å². The van der Waals surface area contributed by atoms with E-state index in [-0.39, 0.29) is 5.69 Å². The van der Waals surface area contributed by atoms with Crippen LogP contribution in [0.5, 0.6) is 5.75 Å². The van der Waals surface area contributed by atoms with Crippen LogP contribution in [0.1, 0.15) is 18.1 Å². The van der Waals surface area contributed by atoms with E-state index in [0.29, 0.717) is 6.61 Å². The zero-order valence-corrected chi connectivity index (χ0v) is 13.5. The van der Waals surface area contributed by atoms with E-state index >= 15 is 0 Å². The number of para-hydroxylation sites is 1. The lowest BCUT2D eigenvalue weighted by Crippen LogP contribution is -2.32. The molecule has 0 fully saturated rings. The molecule has 0 saturated heterocycles. The zero-order valence-electron chi connectivity index (χ0n) is 13.5. The van der Waals surface area contributed by atoms with Crippen LogP contribution < -0.4 is 15.4 Å². The number of hydrogen-bond donors (Lipinski definition) is 2. The number of amides is 1. The third-order valence-corrected chi connectivity index (χ3v) is 3.96. The number of carbonyl (C=O) groups excluding carboxylic acids is 1. The number of carbonyl (C=O) groups is 1. The molecule has 0 radical (unpaired) electrons. The van der Waals surface area contributed by atoms with Gasteiger partial charge in [0.25, 0.3) is 0 Å². The molecular formula is C18H17F3N2O2. The highest BCUT2D eigenvalue weighted by Crippen LogP contribution is 2.34. The number of benzene rings is 2. The lowest BCUT2D eigenvalue weighted by molar-refractivity contribution is -0.137. The largest absolute Gasteiger partial charge is 0.493 e. The van der Waals surface area contributed by atoms with Crippen LogP contribution in [0.25, 0.3) is 0 Å². The molecule has 2 aromatic carbocycles. The summed E-state index contributed by atoms with van der Waals surface area (Å²) in [5.41, 5.74) is 0.636. The summed E-state index contributed by atoms with van der Waals surface area (Å²) in [5, 5.41) is 5.34. The van der Waals surface area contributed by atoms with Crippen molar-refractivity contribution in [2.24, 2.45) is 0 Å². The van der Waals surface area contributed by atoms with Crippen molar-refractivity contribution in [3.63, 3.8) is 0 Å². The van der Waals surface area contributed by atoms with Crippen molar-refractivity contribution in [2.45, 2.75) is 25.6 Å². The van der Waals surface area contributed by atoms with Gasteiger partial charge in [0.15, 0.2) is 0 Å². The second-order valence-corrected chi connectivity index (χ2v) is 5.82. The zero-order chi connectivity index (χ0) is 18.0. The molecule has 1 aliphatic heterocycles. The van der Waals surface area contributed by atoms with Crippen molar-refractivity contribution in [1.29, 1.82) is 0 Å². The van der Waals surface area contributed by atoms with Crippen LogP contribution in [0.3, 0.4) is 0 Å². The van der Waals surface area contributed by atoms with E-state index < -0.39 is 23.7 Å². The first-order valence-corrected chi connectivity index (χ1v) is 7.84. The predicted molar refractivity (Wildman–Crippen MR) is 88.8 cm³/mol. The molecule has 7 heteroatoms. The normalized spacial score (nSPS) is 14.4. The Morgan fingerprint density at radius 1 is 1.20 bits per heavy atom. The first-order valence-electron chi connectivity index (χ1n) is 7.84. The van der Waals surface area contributed by atoms with Crippen molar-refractivity contribution < 1.29 is 22.7 Å². The molecular weight excluding hydrogens is 333 g/mol. The molecule has 0 bridgehead atoms. The van der Waals surface area contributed by atoms with Crippen LogP contribution in [-0.4, -0.2) is 18.6 Å². The van der Waals surface area contributed by atoms with Gasteiger partial charge in [0.2, 0.25) is 5.91 Å². The lowest BCUT2D eigenvalue weighted by Gasteiger charge is -2.18. The number of halogens is 3. The van der Waals surface area contributed by atoms with E-state index in [1.165, 1.54) is 18.2 Å². The second-order valence-electron chi connectivity index (χ2n) is 5.82. The standard InChI is InChI=1S/C18H17F3N2O2/c1-11(22-13-6-7-16-12(10-13)8-9-25-16)17(24)23-15-5-3-2-4-14(15)18(19,20)21/h2-7,10-11,22H,8-9H2,1H3,(H,23,24). The highest BCUT2D eigenvalue weighted by Gasteiger charge is 2.33. The monoisotopic (exact) mass is 350 g/mol. The minimum atomic E-state index is -4.53.